The van der Waals surface area contributed by atoms with Crippen molar-refractivity contribution in [2.75, 3.05) is 20.1 Å². The summed E-state index contributed by atoms with van der Waals surface area (Å²) >= 11 is 0. The molecule has 18 heavy (non-hydrogen) atoms. The molecule has 0 aromatic rings. The minimum absolute atomic E-state index is 0.0666. The van der Waals surface area contributed by atoms with Crippen molar-refractivity contribution in [1.29, 1.82) is 0 Å². The van der Waals surface area contributed by atoms with Gasteiger partial charge in [-0.15, -0.1) is 0 Å². The summed E-state index contributed by atoms with van der Waals surface area (Å²) in [6.07, 6.45) is 7.22. The van der Waals surface area contributed by atoms with Gasteiger partial charge in [-0.2, -0.15) is 0 Å². The van der Waals surface area contributed by atoms with Gasteiger partial charge in [0.05, 0.1) is 6.04 Å². The number of rotatable bonds is 6. The molecule has 0 saturated heterocycles. The van der Waals surface area contributed by atoms with E-state index in [4.69, 9.17) is 0 Å². The minimum Gasteiger partial charge on any atom is -0.339 e. The zero-order chi connectivity index (χ0) is 13.5. The first-order valence-electron chi connectivity index (χ1n) is 7.66. The monoisotopic (exact) mass is 254 g/mol. The Morgan fingerprint density at radius 3 is 2.17 bits per heavy atom. The normalized spacial score (nSPS) is 18.9. The molecule has 1 amide bonds. The van der Waals surface area contributed by atoms with Gasteiger partial charge < -0.3 is 4.90 Å². The van der Waals surface area contributed by atoms with Gasteiger partial charge >= 0.3 is 0 Å². The number of hydrogen-bond donors (Lipinski definition) is 0. The Bertz CT molecular complexity index is 249. The smallest absolute Gasteiger partial charge is 0.240 e. The van der Waals surface area contributed by atoms with Gasteiger partial charge in [-0.05, 0) is 39.8 Å². The lowest BCUT2D eigenvalue weighted by atomic mass is 9.93. The van der Waals surface area contributed by atoms with Crippen molar-refractivity contribution in [2.24, 2.45) is 0 Å². The van der Waals surface area contributed by atoms with E-state index in [2.05, 4.69) is 37.6 Å². The molecule has 0 aromatic heterocycles. The lowest BCUT2D eigenvalue weighted by Gasteiger charge is -2.37. The van der Waals surface area contributed by atoms with Gasteiger partial charge in [0.15, 0.2) is 0 Å². The highest BCUT2D eigenvalue weighted by molar-refractivity contribution is 5.82. The largest absolute Gasteiger partial charge is 0.339 e. The number of nitrogens with zero attached hydrogens (tertiary/aromatic N) is 2. The Hall–Kier alpha value is -0.570. The molecule has 1 unspecified atom stereocenters. The molecule has 0 spiro atoms. The van der Waals surface area contributed by atoms with Crippen LogP contribution in [0.25, 0.3) is 0 Å². The van der Waals surface area contributed by atoms with Crippen LogP contribution >= 0.6 is 0 Å². The van der Waals surface area contributed by atoms with Crippen LogP contribution in [0, 0.1) is 0 Å². The highest BCUT2D eigenvalue weighted by Crippen LogP contribution is 2.23. The van der Waals surface area contributed by atoms with Crippen molar-refractivity contribution in [1.82, 2.24) is 9.80 Å². The second-order valence-electron chi connectivity index (χ2n) is 5.41. The minimum atomic E-state index is 0.0666. The van der Waals surface area contributed by atoms with Gasteiger partial charge in [0.2, 0.25) is 5.91 Å². The van der Waals surface area contributed by atoms with Crippen molar-refractivity contribution in [3.05, 3.63) is 0 Å². The third-order valence-electron chi connectivity index (χ3n) is 4.34. The molecule has 1 rings (SSSR count). The number of hydrogen-bond acceptors (Lipinski definition) is 2. The topological polar surface area (TPSA) is 23.6 Å². The zero-order valence-electron chi connectivity index (χ0n) is 12.6. The molecule has 1 saturated carbocycles. The van der Waals surface area contributed by atoms with Crippen LogP contribution in [0.2, 0.25) is 0 Å². The molecule has 3 nitrogen and oxygen atoms in total. The van der Waals surface area contributed by atoms with Crippen LogP contribution < -0.4 is 0 Å². The van der Waals surface area contributed by atoms with Crippen molar-refractivity contribution in [3.63, 3.8) is 0 Å². The summed E-state index contributed by atoms with van der Waals surface area (Å²) in [5.74, 6) is 0.344. The summed E-state index contributed by atoms with van der Waals surface area (Å²) in [6.45, 7) is 8.14. The Kier molecular flexibility index (Phi) is 6.69. The van der Waals surface area contributed by atoms with Crippen LogP contribution in [0.15, 0.2) is 0 Å². The molecule has 0 bridgehead atoms. The number of carbonyl (C=O) groups is 1. The van der Waals surface area contributed by atoms with Crippen molar-refractivity contribution in [2.45, 2.75) is 71.4 Å². The van der Waals surface area contributed by atoms with E-state index in [1.165, 1.54) is 32.1 Å². The van der Waals surface area contributed by atoms with E-state index in [0.717, 1.165) is 19.5 Å². The van der Waals surface area contributed by atoms with E-state index in [0.29, 0.717) is 11.9 Å². The molecular formula is C15H30N2O. The fraction of sp³-hybridized carbons (Fsp3) is 0.933. The average molecular weight is 254 g/mol. The summed E-state index contributed by atoms with van der Waals surface area (Å²) in [4.78, 5) is 17.0. The molecular weight excluding hydrogens is 224 g/mol. The summed E-state index contributed by atoms with van der Waals surface area (Å²) in [5, 5.41) is 0. The molecule has 3 heteroatoms. The van der Waals surface area contributed by atoms with Crippen LogP contribution in [0.4, 0.5) is 0 Å². The van der Waals surface area contributed by atoms with Gasteiger partial charge in [-0.1, -0.05) is 33.1 Å². The zero-order valence-corrected chi connectivity index (χ0v) is 12.6. The molecule has 1 fully saturated rings. The van der Waals surface area contributed by atoms with Gasteiger partial charge in [0.1, 0.15) is 0 Å². The van der Waals surface area contributed by atoms with E-state index in [1.807, 2.05) is 0 Å². The van der Waals surface area contributed by atoms with Gasteiger partial charge in [-0.3, -0.25) is 9.69 Å². The average Bonchev–Trinajstić information content (AvgIpc) is 2.41. The van der Waals surface area contributed by atoms with Crippen LogP contribution in [0.3, 0.4) is 0 Å². The van der Waals surface area contributed by atoms with Gasteiger partial charge in [0.25, 0.3) is 0 Å². The lowest BCUT2D eigenvalue weighted by molar-refractivity contribution is -0.139. The van der Waals surface area contributed by atoms with Crippen LogP contribution in [-0.4, -0.2) is 47.9 Å². The first kappa shape index (κ1) is 15.5. The van der Waals surface area contributed by atoms with E-state index < -0.39 is 0 Å². The Morgan fingerprint density at radius 2 is 1.72 bits per heavy atom. The molecule has 0 radical (unpaired) electrons. The second-order valence-corrected chi connectivity index (χ2v) is 5.41. The SMILES string of the molecule is CCC(C(=O)N(CC)C1CCCCC1)N(C)CC. The van der Waals surface area contributed by atoms with E-state index in [9.17, 15) is 4.79 Å². The Labute approximate surface area is 113 Å². The second kappa shape index (κ2) is 7.78. The highest BCUT2D eigenvalue weighted by atomic mass is 16.2. The third-order valence-corrected chi connectivity index (χ3v) is 4.34. The lowest BCUT2D eigenvalue weighted by Crippen LogP contribution is -2.51. The summed E-state index contributed by atoms with van der Waals surface area (Å²) in [5.41, 5.74) is 0. The van der Waals surface area contributed by atoms with Crippen LogP contribution in [-0.2, 0) is 4.79 Å². The molecule has 0 N–H and O–H groups in total. The standard InChI is InChI=1S/C15H30N2O/c1-5-14(16(4)6-2)15(18)17(7-3)13-11-9-8-10-12-13/h13-14H,5-12H2,1-4H3. The molecule has 1 aliphatic rings. The number of amides is 1. The molecule has 1 aliphatic carbocycles. The van der Waals surface area contributed by atoms with Crippen molar-refractivity contribution in [3.8, 4) is 0 Å². The Balaban J connectivity index is 2.69. The van der Waals surface area contributed by atoms with Crippen molar-refractivity contribution >= 4 is 5.91 Å². The van der Waals surface area contributed by atoms with E-state index in [-0.39, 0.29) is 6.04 Å². The van der Waals surface area contributed by atoms with E-state index in [1.54, 1.807) is 0 Å². The Morgan fingerprint density at radius 1 is 1.11 bits per heavy atom. The third kappa shape index (κ3) is 3.71. The first-order chi connectivity index (χ1) is 8.65. The van der Waals surface area contributed by atoms with Gasteiger partial charge in [0, 0.05) is 12.6 Å². The number of likely N-dealkylation sites (N-methyl/N-ethyl adjacent to an activating group) is 2. The molecule has 0 heterocycles. The molecule has 0 aliphatic heterocycles. The maximum absolute atomic E-state index is 12.7. The molecule has 0 aromatic carbocycles. The van der Waals surface area contributed by atoms with E-state index >= 15 is 0 Å². The summed E-state index contributed by atoms with van der Waals surface area (Å²) in [6, 6.07) is 0.562. The summed E-state index contributed by atoms with van der Waals surface area (Å²) in [7, 11) is 2.06. The van der Waals surface area contributed by atoms with Crippen LogP contribution in [0.5, 0.6) is 0 Å². The van der Waals surface area contributed by atoms with Gasteiger partial charge in [-0.25, -0.2) is 0 Å². The molecule has 1 atom stereocenters. The van der Waals surface area contributed by atoms with Crippen LogP contribution in [0.1, 0.15) is 59.3 Å². The maximum Gasteiger partial charge on any atom is 0.240 e. The summed E-state index contributed by atoms with van der Waals surface area (Å²) < 4.78 is 0. The molecule has 106 valence electrons. The quantitative estimate of drug-likeness (QED) is 0.727. The fourth-order valence-electron chi connectivity index (χ4n) is 3.07. The predicted octanol–water partition coefficient (Wildman–Crippen LogP) is 2.90. The fourth-order valence-corrected chi connectivity index (χ4v) is 3.07. The number of carbonyl (C=O) groups excluding carboxylic acids is 1. The first-order valence-corrected chi connectivity index (χ1v) is 7.66. The highest BCUT2D eigenvalue weighted by Gasteiger charge is 2.30. The van der Waals surface area contributed by atoms with Crippen molar-refractivity contribution < 1.29 is 4.79 Å². The maximum atomic E-state index is 12.7. The predicted molar refractivity (Wildman–Crippen MR) is 76.6 cm³/mol.